The molecular weight excluding hydrogens is 500 g/mol. The maximum atomic E-state index is 5.05. The number of hydrogen-bond donors (Lipinski definition) is 1. The van der Waals surface area contributed by atoms with Crippen molar-refractivity contribution in [1.82, 2.24) is 9.88 Å². The fraction of sp³-hybridized carbons (Fsp3) is 0.135. The van der Waals surface area contributed by atoms with E-state index in [4.69, 9.17) is 9.98 Å². The van der Waals surface area contributed by atoms with E-state index in [1.165, 1.54) is 44.1 Å². The lowest BCUT2D eigenvalue weighted by atomic mass is 10.0. The second-order valence-electron chi connectivity index (χ2n) is 11.1. The third-order valence-corrected chi connectivity index (χ3v) is 7.91. The average Bonchev–Trinajstić information content (AvgIpc) is 3.32. The van der Waals surface area contributed by atoms with Gasteiger partial charge >= 0.3 is 0 Å². The zero-order chi connectivity index (χ0) is 28.1. The lowest BCUT2D eigenvalue weighted by Gasteiger charge is -2.22. The van der Waals surface area contributed by atoms with Gasteiger partial charge in [-0.1, -0.05) is 96.1 Å². The van der Waals surface area contributed by atoms with Crippen LogP contribution in [0.2, 0.25) is 0 Å². The second-order valence-corrected chi connectivity index (χ2v) is 11.1. The molecule has 41 heavy (non-hydrogen) atoms. The Balaban J connectivity index is 1.36. The van der Waals surface area contributed by atoms with Gasteiger partial charge < -0.3 is 9.88 Å². The van der Waals surface area contributed by atoms with Crippen LogP contribution in [-0.2, 0) is 0 Å². The van der Waals surface area contributed by atoms with Gasteiger partial charge in [-0.15, -0.1) is 0 Å². The monoisotopic (exact) mass is 532 g/mol. The van der Waals surface area contributed by atoms with E-state index >= 15 is 0 Å². The zero-order valence-electron chi connectivity index (χ0n) is 23.8. The number of hydrogen-bond acceptors (Lipinski definition) is 3. The van der Waals surface area contributed by atoms with Crippen LogP contribution in [0.25, 0.3) is 27.5 Å². The van der Waals surface area contributed by atoms with Gasteiger partial charge in [0.25, 0.3) is 0 Å². The first kappa shape index (κ1) is 25.0. The van der Waals surface area contributed by atoms with Crippen LogP contribution in [-0.4, -0.2) is 16.2 Å². The first-order valence-electron chi connectivity index (χ1n) is 14.1. The van der Waals surface area contributed by atoms with Crippen molar-refractivity contribution in [3.8, 4) is 5.69 Å². The SMILES string of the molecule is Cc1cc(C)c2c(c1)c1cc(C)cc(C)c1n2-c1ccc(C2N=C(c3ccccc3)NC(c3ccccc3)=N2)cc1. The van der Waals surface area contributed by atoms with Crippen molar-refractivity contribution in [1.29, 1.82) is 0 Å². The van der Waals surface area contributed by atoms with Crippen molar-refractivity contribution in [3.63, 3.8) is 0 Å². The fourth-order valence-corrected chi connectivity index (χ4v) is 6.17. The van der Waals surface area contributed by atoms with Crippen LogP contribution in [0.15, 0.2) is 119 Å². The topological polar surface area (TPSA) is 41.7 Å². The molecule has 7 rings (SSSR count). The molecule has 0 saturated carbocycles. The summed E-state index contributed by atoms with van der Waals surface area (Å²) in [6.45, 7) is 8.80. The van der Waals surface area contributed by atoms with E-state index in [9.17, 15) is 0 Å². The van der Waals surface area contributed by atoms with Gasteiger partial charge in [-0.3, -0.25) is 0 Å². The van der Waals surface area contributed by atoms with Crippen molar-refractivity contribution >= 4 is 33.5 Å². The fourth-order valence-electron chi connectivity index (χ4n) is 6.17. The summed E-state index contributed by atoms with van der Waals surface area (Å²) >= 11 is 0. The highest BCUT2D eigenvalue weighted by Gasteiger charge is 2.21. The minimum atomic E-state index is -0.345. The Morgan fingerprint density at radius 3 is 1.49 bits per heavy atom. The molecule has 4 heteroatoms. The van der Waals surface area contributed by atoms with E-state index in [0.717, 1.165) is 34.0 Å². The number of aliphatic imine (C=N–C) groups is 2. The third-order valence-electron chi connectivity index (χ3n) is 7.91. The molecule has 5 aromatic carbocycles. The molecule has 0 spiro atoms. The van der Waals surface area contributed by atoms with Crippen LogP contribution in [0, 0.1) is 27.7 Å². The highest BCUT2D eigenvalue weighted by atomic mass is 15.2. The maximum Gasteiger partial charge on any atom is 0.169 e. The van der Waals surface area contributed by atoms with Crippen LogP contribution in [0.5, 0.6) is 0 Å². The first-order chi connectivity index (χ1) is 20.0. The van der Waals surface area contributed by atoms with E-state index < -0.39 is 0 Å². The summed E-state index contributed by atoms with van der Waals surface area (Å²) in [6.07, 6.45) is -0.345. The lowest BCUT2D eigenvalue weighted by Crippen LogP contribution is -2.35. The van der Waals surface area contributed by atoms with Crippen molar-refractivity contribution in [3.05, 3.63) is 148 Å². The number of nitrogens with zero attached hydrogens (tertiary/aromatic N) is 3. The normalized spacial score (nSPS) is 13.8. The number of benzene rings is 5. The van der Waals surface area contributed by atoms with Gasteiger partial charge in [-0.2, -0.15) is 0 Å². The number of aromatic nitrogens is 1. The van der Waals surface area contributed by atoms with Crippen molar-refractivity contribution in [2.24, 2.45) is 9.98 Å². The van der Waals surface area contributed by atoms with Crippen LogP contribution >= 0.6 is 0 Å². The minimum absolute atomic E-state index is 0.345. The Labute approximate surface area is 240 Å². The van der Waals surface area contributed by atoms with E-state index in [0.29, 0.717) is 0 Å². The summed E-state index contributed by atoms with van der Waals surface area (Å²) in [5.41, 5.74) is 11.9. The van der Waals surface area contributed by atoms with Gasteiger partial charge in [0.1, 0.15) is 11.7 Å². The molecule has 1 N–H and O–H groups in total. The van der Waals surface area contributed by atoms with Gasteiger partial charge in [-0.05, 0) is 68.7 Å². The molecule has 6 aromatic rings. The smallest absolute Gasteiger partial charge is 0.169 e. The summed E-state index contributed by atoms with van der Waals surface area (Å²) in [7, 11) is 0. The van der Waals surface area contributed by atoms with Crippen LogP contribution in [0.1, 0.15) is 45.1 Å². The lowest BCUT2D eigenvalue weighted by molar-refractivity contribution is 0.755. The summed E-state index contributed by atoms with van der Waals surface area (Å²) in [5, 5.41) is 6.09. The van der Waals surface area contributed by atoms with E-state index in [-0.39, 0.29) is 6.17 Å². The molecule has 0 amide bonds. The molecule has 0 aliphatic carbocycles. The quantitative estimate of drug-likeness (QED) is 0.243. The van der Waals surface area contributed by atoms with E-state index in [2.05, 4.69) is 110 Å². The highest BCUT2D eigenvalue weighted by Crippen LogP contribution is 2.37. The largest absolute Gasteiger partial charge is 0.324 e. The predicted octanol–water partition coefficient (Wildman–Crippen LogP) is 8.51. The molecule has 200 valence electrons. The molecule has 1 aromatic heterocycles. The Hall–Kier alpha value is -4.96. The molecule has 0 bridgehead atoms. The van der Waals surface area contributed by atoms with Gasteiger partial charge in [-0.25, -0.2) is 9.98 Å². The van der Waals surface area contributed by atoms with Crippen LogP contribution < -0.4 is 5.32 Å². The number of nitrogens with one attached hydrogen (secondary N) is 1. The highest BCUT2D eigenvalue weighted by molar-refractivity contribution is 6.16. The summed E-state index contributed by atoms with van der Waals surface area (Å²) in [6, 6.07) is 38.5. The maximum absolute atomic E-state index is 5.05. The van der Waals surface area contributed by atoms with Gasteiger partial charge in [0.15, 0.2) is 6.17 Å². The standard InChI is InChI=1S/C37H32N4/c1-23-19-25(3)33-31(21-23)32-22-24(2)20-26(4)34(32)41(33)30-17-15-29(16-18-30)37-39-35(27-11-7-5-8-12-27)38-36(40-37)28-13-9-6-10-14-28/h5-22,37H,1-4H3,(H,38,39,40). The van der Waals surface area contributed by atoms with Crippen molar-refractivity contribution in [2.75, 3.05) is 0 Å². The number of rotatable bonds is 4. The Morgan fingerprint density at radius 1 is 0.561 bits per heavy atom. The molecule has 0 unspecified atom stereocenters. The molecule has 0 atom stereocenters. The Bertz CT molecular complexity index is 1860. The molecular formula is C37H32N4. The molecule has 4 nitrogen and oxygen atoms in total. The zero-order valence-corrected chi connectivity index (χ0v) is 23.8. The first-order valence-corrected chi connectivity index (χ1v) is 14.1. The Kier molecular flexibility index (Phi) is 6.05. The number of fused-ring (bicyclic) bond motifs is 3. The molecule has 0 fully saturated rings. The van der Waals surface area contributed by atoms with Crippen LogP contribution in [0.4, 0.5) is 0 Å². The summed E-state index contributed by atoms with van der Waals surface area (Å²) in [4.78, 5) is 10.1. The van der Waals surface area contributed by atoms with Crippen LogP contribution in [0.3, 0.4) is 0 Å². The minimum Gasteiger partial charge on any atom is -0.324 e. The van der Waals surface area contributed by atoms with Gasteiger partial charge in [0.05, 0.1) is 11.0 Å². The third kappa shape index (κ3) is 4.42. The van der Waals surface area contributed by atoms with Crippen molar-refractivity contribution in [2.45, 2.75) is 33.9 Å². The number of amidine groups is 2. The summed E-state index contributed by atoms with van der Waals surface area (Å²) < 4.78 is 2.43. The molecule has 0 radical (unpaired) electrons. The van der Waals surface area contributed by atoms with E-state index in [1.807, 2.05) is 36.4 Å². The predicted molar refractivity (Wildman–Crippen MR) is 172 cm³/mol. The van der Waals surface area contributed by atoms with Gasteiger partial charge in [0.2, 0.25) is 0 Å². The molecule has 0 saturated heterocycles. The van der Waals surface area contributed by atoms with Crippen molar-refractivity contribution < 1.29 is 0 Å². The number of aryl methyl sites for hydroxylation is 4. The average molecular weight is 533 g/mol. The Morgan fingerprint density at radius 2 is 1.02 bits per heavy atom. The van der Waals surface area contributed by atoms with Gasteiger partial charge in [0, 0.05) is 27.6 Å². The second kappa shape index (κ2) is 9.90. The molecule has 1 aliphatic rings. The van der Waals surface area contributed by atoms with E-state index in [1.54, 1.807) is 0 Å². The molecule has 2 heterocycles. The molecule has 1 aliphatic heterocycles. The summed E-state index contributed by atoms with van der Waals surface area (Å²) in [5.74, 6) is 1.65.